The summed E-state index contributed by atoms with van der Waals surface area (Å²) in [5.74, 6) is -1.87. The maximum absolute atomic E-state index is 13.3. The van der Waals surface area contributed by atoms with Gasteiger partial charge in [-0.1, -0.05) is 30.3 Å². The van der Waals surface area contributed by atoms with Crippen LogP contribution in [0, 0.1) is 5.92 Å². The van der Waals surface area contributed by atoms with E-state index in [1.165, 1.54) is 6.92 Å². The molecule has 2 atom stereocenters. The molecule has 2 N–H and O–H groups in total. The molecule has 0 aromatic heterocycles. The van der Waals surface area contributed by atoms with Crippen molar-refractivity contribution in [1.29, 1.82) is 0 Å². The Morgan fingerprint density at radius 3 is 1.88 bits per heavy atom. The quantitative estimate of drug-likeness (QED) is 0.479. The standard InChI is InChI=1S/C25H27F6NO2/c1-15(18-12-20(24(26,27)28)14-21(13-18)25(29,30)31)22(34)32-23(19-6-4-3-5-7-19)10-8-17(9-11-23)16(2)33/h3-7,12-17,33H,8-11H2,1-2H3,(H,32,34). The van der Waals surface area contributed by atoms with Crippen molar-refractivity contribution < 1.29 is 36.2 Å². The molecule has 0 aliphatic heterocycles. The SMILES string of the molecule is CC(C(=O)NC1(c2ccccc2)CCC(C(C)O)CC1)c1cc(C(F)(F)F)cc(C(F)(F)F)c1. The largest absolute Gasteiger partial charge is 0.416 e. The van der Waals surface area contributed by atoms with Gasteiger partial charge in [-0.05, 0) is 74.8 Å². The number of benzene rings is 2. The second-order valence-corrected chi connectivity index (χ2v) is 9.08. The van der Waals surface area contributed by atoms with E-state index in [0.717, 1.165) is 5.56 Å². The van der Waals surface area contributed by atoms with Crippen molar-refractivity contribution in [2.45, 2.75) is 69.4 Å². The van der Waals surface area contributed by atoms with Crippen LogP contribution in [0.5, 0.6) is 0 Å². The number of nitrogens with one attached hydrogen (secondary N) is 1. The van der Waals surface area contributed by atoms with E-state index in [9.17, 15) is 36.2 Å². The van der Waals surface area contributed by atoms with Crippen LogP contribution in [0.4, 0.5) is 26.3 Å². The van der Waals surface area contributed by atoms with Crippen LogP contribution in [0.15, 0.2) is 48.5 Å². The first-order valence-electron chi connectivity index (χ1n) is 11.1. The molecule has 0 spiro atoms. The van der Waals surface area contributed by atoms with Crippen molar-refractivity contribution in [3.05, 3.63) is 70.8 Å². The lowest BCUT2D eigenvalue weighted by Gasteiger charge is -2.42. The predicted molar refractivity (Wildman–Crippen MR) is 115 cm³/mol. The van der Waals surface area contributed by atoms with Crippen LogP contribution in [-0.4, -0.2) is 17.1 Å². The second kappa shape index (κ2) is 9.60. The molecule has 2 aromatic rings. The molecule has 9 heteroatoms. The molecular formula is C25H27F6NO2. The lowest BCUT2D eigenvalue weighted by molar-refractivity contribution is -0.143. The molecular weight excluding hydrogens is 460 g/mol. The van der Waals surface area contributed by atoms with Crippen LogP contribution in [0.2, 0.25) is 0 Å². The van der Waals surface area contributed by atoms with Crippen LogP contribution in [-0.2, 0) is 22.7 Å². The maximum Gasteiger partial charge on any atom is 0.416 e. The predicted octanol–water partition coefficient (Wildman–Crippen LogP) is 6.41. The molecule has 3 rings (SSSR count). The zero-order valence-corrected chi connectivity index (χ0v) is 18.8. The summed E-state index contributed by atoms with van der Waals surface area (Å²) in [6.07, 6.45) is -8.29. The number of halogens is 6. The number of rotatable bonds is 5. The lowest BCUT2D eigenvalue weighted by Crippen LogP contribution is -2.50. The van der Waals surface area contributed by atoms with Crippen LogP contribution in [0.1, 0.15) is 67.7 Å². The first-order chi connectivity index (χ1) is 15.7. The molecule has 2 aromatic carbocycles. The lowest BCUT2D eigenvalue weighted by atomic mass is 9.71. The maximum atomic E-state index is 13.3. The highest BCUT2D eigenvalue weighted by Crippen LogP contribution is 2.42. The van der Waals surface area contributed by atoms with Gasteiger partial charge in [0, 0.05) is 0 Å². The van der Waals surface area contributed by atoms with E-state index in [0.29, 0.717) is 37.8 Å². The van der Waals surface area contributed by atoms with Gasteiger partial charge in [0.05, 0.1) is 28.7 Å². The Morgan fingerprint density at radius 1 is 0.941 bits per heavy atom. The Bertz CT molecular complexity index is 960. The van der Waals surface area contributed by atoms with Crippen LogP contribution < -0.4 is 5.32 Å². The van der Waals surface area contributed by atoms with Crippen molar-refractivity contribution in [3.8, 4) is 0 Å². The summed E-state index contributed by atoms with van der Waals surface area (Å²) < 4.78 is 79.6. The number of hydrogen-bond acceptors (Lipinski definition) is 2. The summed E-state index contributed by atoms with van der Waals surface area (Å²) in [6.45, 7) is 3.00. The number of alkyl halides is 6. The van der Waals surface area contributed by atoms with Gasteiger partial charge in [0.1, 0.15) is 0 Å². The van der Waals surface area contributed by atoms with Crippen LogP contribution in [0.3, 0.4) is 0 Å². The van der Waals surface area contributed by atoms with Gasteiger partial charge in [-0.25, -0.2) is 0 Å². The van der Waals surface area contributed by atoms with Crippen molar-refractivity contribution >= 4 is 5.91 Å². The third-order valence-corrected chi connectivity index (χ3v) is 6.76. The van der Waals surface area contributed by atoms with Gasteiger partial charge in [0.25, 0.3) is 0 Å². The minimum atomic E-state index is -4.99. The molecule has 34 heavy (non-hydrogen) atoms. The fraction of sp³-hybridized carbons (Fsp3) is 0.480. The normalized spacial score (nSPS) is 23.3. The average Bonchev–Trinajstić information content (AvgIpc) is 2.78. The number of carbonyl (C=O) groups excluding carboxylic acids is 1. The number of aliphatic hydroxyl groups is 1. The molecule has 1 aliphatic rings. The minimum absolute atomic E-state index is 0.0453. The highest BCUT2D eigenvalue weighted by Gasteiger charge is 2.41. The molecule has 0 saturated heterocycles. The monoisotopic (exact) mass is 487 g/mol. The number of aliphatic hydroxyl groups excluding tert-OH is 1. The summed E-state index contributed by atoms with van der Waals surface area (Å²) in [6, 6.07) is 10.3. The van der Waals surface area contributed by atoms with Crippen molar-refractivity contribution in [2.75, 3.05) is 0 Å². The molecule has 1 aliphatic carbocycles. The number of hydrogen-bond donors (Lipinski definition) is 2. The Morgan fingerprint density at radius 2 is 1.44 bits per heavy atom. The fourth-order valence-electron chi connectivity index (χ4n) is 4.58. The highest BCUT2D eigenvalue weighted by molar-refractivity contribution is 5.84. The van der Waals surface area contributed by atoms with Gasteiger partial charge in [-0.3, -0.25) is 4.79 Å². The fourth-order valence-corrected chi connectivity index (χ4v) is 4.58. The number of amides is 1. The summed E-state index contributed by atoms with van der Waals surface area (Å²) >= 11 is 0. The summed E-state index contributed by atoms with van der Waals surface area (Å²) in [5.41, 5.74) is -3.29. The van der Waals surface area contributed by atoms with E-state index in [1.54, 1.807) is 19.1 Å². The van der Waals surface area contributed by atoms with E-state index in [1.807, 2.05) is 18.2 Å². The van der Waals surface area contributed by atoms with E-state index in [-0.39, 0.29) is 17.5 Å². The van der Waals surface area contributed by atoms with E-state index in [2.05, 4.69) is 5.32 Å². The smallest absolute Gasteiger partial charge is 0.393 e. The molecule has 1 saturated carbocycles. The zero-order valence-electron chi connectivity index (χ0n) is 18.8. The van der Waals surface area contributed by atoms with E-state index >= 15 is 0 Å². The highest BCUT2D eigenvalue weighted by atomic mass is 19.4. The van der Waals surface area contributed by atoms with Gasteiger partial charge in [0.2, 0.25) is 5.91 Å². The molecule has 2 unspecified atom stereocenters. The van der Waals surface area contributed by atoms with Crippen molar-refractivity contribution in [3.63, 3.8) is 0 Å². The molecule has 3 nitrogen and oxygen atoms in total. The average molecular weight is 487 g/mol. The Hall–Kier alpha value is -2.55. The Kier molecular flexibility index (Phi) is 7.36. The van der Waals surface area contributed by atoms with Gasteiger partial charge in [0.15, 0.2) is 0 Å². The third-order valence-electron chi connectivity index (χ3n) is 6.76. The topological polar surface area (TPSA) is 49.3 Å². The van der Waals surface area contributed by atoms with Gasteiger partial charge in [-0.15, -0.1) is 0 Å². The summed E-state index contributed by atoms with van der Waals surface area (Å²) in [5, 5.41) is 12.9. The van der Waals surface area contributed by atoms with Gasteiger partial charge in [-0.2, -0.15) is 26.3 Å². The molecule has 0 bridgehead atoms. The third kappa shape index (κ3) is 5.74. The molecule has 1 amide bonds. The molecule has 186 valence electrons. The van der Waals surface area contributed by atoms with E-state index in [4.69, 9.17) is 0 Å². The van der Waals surface area contributed by atoms with Gasteiger partial charge >= 0.3 is 12.4 Å². The van der Waals surface area contributed by atoms with Crippen LogP contribution >= 0.6 is 0 Å². The number of carbonyl (C=O) groups is 1. The van der Waals surface area contributed by atoms with E-state index < -0.39 is 46.9 Å². The second-order valence-electron chi connectivity index (χ2n) is 9.08. The molecule has 0 radical (unpaired) electrons. The Balaban J connectivity index is 1.94. The van der Waals surface area contributed by atoms with Crippen molar-refractivity contribution in [1.82, 2.24) is 5.32 Å². The van der Waals surface area contributed by atoms with Gasteiger partial charge < -0.3 is 10.4 Å². The summed E-state index contributed by atoms with van der Waals surface area (Å²) in [7, 11) is 0. The molecule has 0 heterocycles. The first-order valence-corrected chi connectivity index (χ1v) is 11.1. The summed E-state index contributed by atoms with van der Waals surface area (Å²) in [4.78, 5) is 13.2. The first kappa shape index (κ1) is 26.1. The Labute approximate surface area is 194 Å². The van der Waals surface area contributed by atoms with Crippen LogP contribution in [0.25, 0.3) is 0 Å². The van der Waals surface area contributed by atoms with Crippen molar-refractivity contribution in [2.24, 2.45) is 5.92 Å². The zero-order chi connectivity index (χ0) is 25.3. The minimum Gasteiger partial charge on any atom is -0.393 e. The molecule has 1 fully saturated rings.